The van der Waals surface area contributed by atoms with E-state index < -0.39 is 5.41 Å². The van der Waals surface area contributed by atoms with Crippen molar-refractivity contribution in [2.24, 2.45) is 0 Å². The van der Waals surface area contributed by atoms with Crippen molar-refractivity contribution >= 4 is 0 Å². The maximum Gasteiger partial charge on any atom is 3.00 e. The van der Waals surface area contributed by atoms with E-state index in [1.54, 1.807) is 12.4 Å². The predicted molar refractivity (Wildman–Crippen MR) is 342 cm³/mol. The largest absolute Gasteiger partial charge is 3.00 e. The van der Waals surface area contributed by atoms with E-state index in [0.717, 1.165) is 123 Å². The van der Waals surface area contributed by atoms with Crippen molar-refractivity contribution in [2.45, 2.75) is 5.41 Å². The Morgan fingerprint density at radius 3 is 1.15 bits per heavy atom. The molecule has 87 heavy (non-hydrogen) atoms. The average molecular weight is 1470 g/mol. The number of nitrogens with zero attached hydrogens (tertiary/aromatic N) is 5. The molecule has 0 fully saturated rings. The summed E-state index contributed by atoms with van der Waals surface area (Å²) >= 11 is 0. The molecule has 0 saturated heterocycles. The third-order valence-corrected chi connectivity index (χ3v) is 15.7. The minimum atomic E-state index is -1.02. The van der Waals surface area contributed by atoms with Crippen molar-refractivity contribution in [2.75, 3.05) is 0 Å². The van der Waals surface area contributed by atoms with Crippen molar-refractivity contribution in [3.8, 4) is 112 Å². The van der Waals surface area contributed by atoms with E-state index in [1.165, 1.54) is 0 Å². The first-order valence-electron chi connectivity index (χ1n) is 28.3. The van der Waals surface area contributed by atoms with Crippen molar-refractivity contribution < 1.29 is 41.2 Å². The van der Waals surface area contributed by atoms with Gasteiger partial charge < -0.3 is 24.9 Å². The summed E-state index contributed by atoms with van der Waals surface area (Å²) in [6.07, 6.45) is 9.00. The molecular weight excluding hydrogens is 1420 g/mol. The Balaban J connectivity index is 0.00000369. The van der Waals surface area contributed by atoms with Gasteiger partial charge in [0.25, 0.3) is 0 Å². The second kappa shape index (κ2) is 26.1. The molecule has 0 radical (unpaired) electrons. The fourth-order valence-corrected chi connectivity index (χ4v) is 11.7. The summed E-state index contributed by atoms with van der Waals surface area (Å²) < 4.78 is 0. The zero-order chi connectivity index (χ0) is 56.8. The topological polar surface area (TPSA) is 64.5 Å². The van der Waals surface area contributed by atoms with E-state index in [0.29, 0.717) is 11.4 Å². The van der Waals surface area contributed by atoms with Gasteiger partial charge in [-0.05, 0) is 110 Å². The molecule has 0 aliphatic carbocycles. The van der Waals surface area contributed by atoms with Gasteiger partial charge in [0.15, 0.2) is 0 Å². The number of hydrogen-bond acceptors (Lipinski definition) is 5. The molecule has 0 spiro atoms. The molecule has 0 amide bonds. The molecule has 0 bridgehead atoms. The van der Waals surface area contributed by atoms with Gasteiger partial charge in [-0.3, -0.25) is 12.1 Å². The minimum Gasteiger partial charge on any atom is -0.333 e. The van der Waals surface area contributed by atoms with Crippen LogP contribution >= 0.6 is 0 Å². The quantitative estimate of drug-likeness (QED) is 0.0802. The van der Waals surface area contributed by atoms with Gasteiger partial charge in [0.05, 0.1) is 0 Å². The van der Waals surface area contributed by atoms with Gasteiger partial charge in [0, 0.05) is 36.4 Å². The first-order valence-corrected chi connectivity index (χ1v) is 28.3. The third-order valence-electron chi connectivity index (χ3n) is 15.7. The Kier molecular flexibility index (Phi) is 17.3. The molecule has 7 heteroatoms. The Hall–Kier alpha value is -9.93. The SMILES string of the molecule is [Ir+3].[Pt+2].[c-]1cc(-c2ccccc2-c2cc(-c3ccccc3-c3c[c-]c(-c4ccccn4)cc3)cc(-c3ccccc3-c3c[c-]c(-c4ccccn4)cc3)c2)c(C(c2[c-]c(-c3ccccn3)ccc2)(c2ccccc2)c2ccccc2)[c-]c1-c1ncccn1. The second-order valence-electron chi connectivity index (χ2n) is 20.7. The first-order chi connectivity index (χ1) is 42.2. The molecule has 414 valence electrons. The molecule has 14 rings (SSSR count). The van der Waals surface area contributed by atoms with E-state index in [-0.39, 0.29) is 41.2 Å². The minimum absolute atomic E-state index is 0. The zero-order valence-electron chi connectivity index (χ0n) is 46.8. The van der Waals surface area contributed by atoms with E-state index in [4.69, 9.17) is 15.0 Å². The van der Waals surface area contributed by atoms with E-state index in [9.17, 15) is 0 Å². The van der Waals surface area contributed by atoms with Crippen LogP contribution in [0.5, 0.6) is 0 Å². The van der Waals surface area contributed by atoms with Gasteiger partial charge in [0.2, 0.25) is 0 Å². The Bertz CT molecular complexity index is 4430. The molecule has 0 unspecified atom stereocenters. The maximum atomic E-state index is 4.82. The molecule has 0 aliphatic rings. The Morgan fingerprint density at radius 1 is 0.287 bits per heavy atom. The van der Waals surface area contributed by atoms with Crippen LogP contribution in [-0.2, 0) is 46.6 Å². The standard InChI is InChI=1S/C80H50N5.Ir.Pt/c1-3-22-65(23-4-1)80(66-24-5-2-6-25-66,67-26-19-21-60(54-67)78-35-15-18-48-83-78)75-55-61(79-84-49-20-50-85-79)44-45-74(75)73-32-12-11-31-72(73)64-52-62(70-29-9-7-27-68(70)56-36-40-58(41-37-56)76-33-13-16-46-81-76)51-63(53-64)71-30-10-8-28-69(71)57-38-42-59(43-39-57)77-34-14-17-47-82-77;;/h1-40,42,45-53H;;/q-5;+3;+2. The monoisotopic (exact) mass is 1470 g/mol. The summed E-state index contributed by atoms with van der Waals surface area (Å²) in [6.45, 7) is 0. The van der Waals surface area contributed by atoms with E-state index in [1.807, 2.05) is 79.3 Å². The van der Waals surface area contributed by atoms with Gasteiger partial charge in [0.1, 0.15) is 0 Å². The molecule has 4 aromatic heterocycles. The normalized spacial score (nSPS) is 11.0. The molecule has 0 aliphatic heterocycles. The summed E-state index contributed by atoms with van der Waals surface area (Å²) in [7, 11) is 0. The molecular formula is C80H50IrN5Pt. The summed E-state index contributed by atoms with van der Waals surface area (Å²) in [6, 6.07) is 114. The first kappa shape index (κ1) is 57.5. The van der Waals surface area contributed by atoms with Gasteiger partial charge in [-0.15, -0.1) is 95.1 Å². The molecule has 0 saturated carbocycles. The van der Waals surface area contributed by atoms with Crippen LogP contribution in [0.15, 0.2) is 304 Å². The average Bonchev–Trinajstić information content (AvgIpc) is 1.79. The molecule has 5 nitrogen and oxygen atoms in total. The molecule has 10 aromatic carbocycles. The van der Waals surface area contributed by atoms with Crippen LogP contribution in [0.3, 0.4) is 0 Å². The summed E-state index contributed by atoms with van der Waals surface area (Å²) in [5, 5.41) is 0. The Morgan fingerprint density at radius 2 is 0.701 bits per heavy atom. The predicted octanol–water partition coefficient (Wildman–Crippen LogP) is 18.7. The van der Waals surface area contributed by atoms with Crippen LogP contribution in [0.25, 0.3) is 112 Å². The fraction of sp³-hybridized carbons (Fsp3) is 0.0125. The van der Waals surface area contributed by atoms with Crippen LogP contribution in [0.4, 0.5) is 0 Å². The van der Waals surface area contributed by atoms with Crippen molar-refractivity contribution in [3.05, 3.63) is 357 Å². The number of pyridine rings is 3. The third kappa shape index (κ3) is 11.6. The van der Waals surface area contributed by atoms with Gasteiger partial charge in [-0.2, -0.15) is 11.1 Å². The summed E-state index contributed by atoms with van der Waals surface area (Å²) in [4.78, 5) is 23.6. The van der Waals surface area contributed by atoms with Gasteiger partial charge in [-0.25, -0.2) is 11.6 Å². The van der Waals surface area contributed by atoms with Crippen molar-refractivity contribution in [3.63, 3.8) is 0 Å². The summed E-state index contributed by atoms with van der Waals surface area (Å²) in [5.41, 5.74) is 21.3. The Labute approximate surface area is 536 Å². The van der Waals surface area contributed by atoms with Gasteiger partial charge >= 0.3 is 41.2 Å². The fourth-order valence-electron chi connectivity index (χ4n) is 11.7. The maximum absolute atomic E-state index is 4.82. The van der Waals surface area contributed by atoms with E-state index >= 15 is 0 Å². The zero-order valence-corrected chi connectivity index (χ0v) is 51.4. The van der Waals surface area contributed by atoms with E-state index in [2.05, 4.69) is 253 Å². The number of benzene rings is 10. The number of aromatic nitrogens is 5. The second-order valence-corrected chi connectivity index (χ2v) is 20.7. The molecule has 0 atom stereocenters. The molecule has 14 aromatic rings. The van der Waals surface area contributed by atoms with Crippen LogP contribution < -0.4 is 0 Å². The number of rotatable bonds is 14. The summed E-state index contributed by atoms with van der Waals surface area (Å²) in [5.74, 6) is 0.521. The van der Waals surface area contributed by atoms with Crippen molar-refractivity contribution in [1.82, 2.24) is 24.9 Å². The molecule has 4 heterocycles. The van der Waals surface area contributed by atoms with Gasteiger partial charge in [-0.1, -0.05) is 198 Å². The van der Waals surface area contributed by atoms with Crippen LogP contribution in [0, 0.1) is 30.3 Å². The number of hydrogen-bond donors (Lipinski definition) is 0. The van der Waals surface area contributed by atoms with Crippen molar-refractivity contribution in [1.29, 1.82) is 0 Å². The molecule has 0 N–H and O–H groups in total. The van der Waals surface area contributed by atoms with Crippen LogP contribution in [-0.4, -0.2) is 24.9 Å². The van der Waals surface area contributed by atoms with Crippen LogP contribution in [0.1, 0.15) is 22.3 Å². The van der Waals surface area contributed by atoms with Crippen LogP contribution in [0.2, 0.25) is 0 Å². The smallest absolute Gasteiger partial charge is 0.333 e.